The molecule has 0 radical (unpaired) electrons. The first-order chi connectivity index (χ1) is 10.3. The zero-order valence-electron chi connectivity index (χ0n) is 11.5. The number of fused-ring (bicyclic) bond motifs is 1. The Kier molecular flexibility index (Phi) is 3.51. The molecule has 0 unspecified atom stereocenters. The number of esters is 1. The largest absolute Gasteiger partial charge is 0.465 e. The zero-order valence-corrected chi connectivity index (χ0v) is 11.5. The summed E-state index contributed by atoms with van der Waals surface area (Å²) in [5.41, 5.74) is 3.23. The summed E-state index contributed by atoms with van der Waals surface area (Å²) in [7, 11) is 1.36. The molecule has 1 N–H and O–H groups in total. The van der Waals surface area contributed by atoms with E-state index in [1.165, 1.54) is 13.3 Å². The zero-order chi connectivity index (χ0) is 14.7. The van der Waals surface area contributed by atoms with Gasteiger partial charge in [-0.3, -0.25) is 4.98 Å². The maximum Gasteiger partial charge on any atom is 0.339 e. The van der Waals surface area contributed by atoms with E-state index in [1.54, 1.807) is 6.07 Å². The first kappa shape index (κ1) is 13.1. The third-order valence-corrected chi connectivity index (χ3v) is 3.16. The molecule has 0 aliphatic heterocycles. The number of benzene rings is 2. The molecule has 0 bridgehead atoms. The number of hydrogen-bond donors (Lipinski definition) is 1. The number of aromatic nitrogens is 1. The van der Waals surface area contributed by atoms with E-state index in [0.717, 1.165) is 22.3 Å². The second-order valence-corrected chi connectivity index (χ2v) is 4.61. The van der Waals surface area contributed by atoms with Crippen LogP contribution in [-0.2, 0) is 4.74 Å². The number of nitrogens with zero attached hydrogens (tertiary/aromatic N) is 1. The van der Waals surface area contributed by atoms with Crippen LogP contribution in [0.5, 0.6) is 0 Å². The quantitative estimate of drug-likeness (QED) is 0.741. The molecule has 3 rings (SSSR count). The average molecular weight is 278 g/mol. The molecule has 1 heterocycles. The number of rotatable bonds is 3. The Bertz CT molecular complexity index is 785. The van der Waals surface area contributed by atoms with Gasteiger partial charge in [-0.2, -0.15) is 0 Å². The highest BCUT2D eigenvalue weighted by Crippen LogP contribution is 2.22. The van der Waals surface area contributed by atoms with Crippen molar-refractivity contribution in [2.45, 2.75) is 0 Å². The van der Waals surface area contributed by atoms with Gasteiger partial charge in [-0.05, 0) is 36.4 Å². The van der Waals surface area contributed by atoms with Crippen molar-refractivity contribution in [2.75, 3.05) is 12.4 Å². The molecule has 0 aliphatic carbocycles. The Morgan fingerprint density at radius 3 is 2.62 bits per heavy atom. The number of methoxy groups -OCH3 is 1. The molecule has 21 heavy (non-hydrogen) atoms. The lowest BCUT2D eigenvalue weighted by Crippen LogP contribution is -2.01. The Hall–Kier alpha value is -2.88. The van der Waals surface area contributed by atoms with E-state index in [2.05, 4.69) is 10.3 Å². The Morgan fingerprint density at radius 1 is 1.05 bits per heavy atom. The van der Waals surface area contributed by atoms with Gasteiger partial charge in [-0.25, -0.2) is 4.79 Å². The van der Waals surface area contributed by atoms with E-state index in [-0.39, 0.29) is 5.97 Å². The van der Waals surface area contributed by atoms with Crippen LogP contribution >= 0.6 is 0 Å². The summed E-state index contributed by atoms with van der Waals surface area (Å²) in [6.45, 7) is 0. The van der Waals surface area contributed by atoms with E-state index in [1.807, 2.05) is 48.5 Å². The summed E-state index contributed by atoms with van der Waals surface area (Å²) in [5.74, 6) is -0.383. The van der Waals surface area contributed by atoms with E-state index < -0.39 is 0 Å². The summed E-state index contributed by atoms with van der Waals surface area (Å²) >= 11 is 0. The molecule has 0 aliphatic rings. The SMILES string of the molecule is COC(=O)c1cnc2ccc(Nc3ccccc3)cc2c1. The molecule has 3 aromatic rings. The molecule has 0 spiro atoms. The minimum atomic E-state index is -0.383. The molecular formula is C17H14N2O2. The lowest BCUT2D eigenvalue weighted by molar-refractivity contribution is 0.0600. The van der Waals surface area contributed by atoms with Crippen LogP contribution in [0.15, 0.2) is 60.8 Å². The predicted octanol–water partition coefficient (Wildman–Crippen LogP) is 3.77. The van der Waals surface area contributed by atoms with Crippen LogP contribution in [0.25, 0.3) is 10.9 Å². The average Bonchev–Trinajstić information content (AvgIpc) is 2.54. The Balaban J connectivity index is 1.96. The van der Waals surface area contributed by atoms with Crippen molar-refractivity contribution in [1.82, 2.24) is 4.98 Å². The number of hydrogen-bond acceptors (Lipinski definition) is 4. The number of anilines is 2. The summed E-state index contributed by atoms with van der Waals surface area (Å²) in [4.78, 5) is 15.8. The summed E-state index contributed by atoms with van der Waals surface area (Å²) in [6.07, 6.45) is 1.53. The molecule has 104 valence electrons. The fourth-order valence-corrected chi connectivity index (χ4v) is 2.13. The topological polar surface area (TPSA) is 51.2 Å². The fourth-order valence-electron chi connectivity index (χ4n) is 2.13. The minimum Gasteiger partial charge on any atom is -0.465 e. The van der Waals surface area contributed by atoms with Crippen LogP contribution in [0, 0.1) is 0 Å². The van der Waals surface area contributed by atoms with Crippen molar-refractivity contribution >= 4 is 28.2 Å². The third-order valence-electron chi connectivity index (χ3n) is 3.16. The van der Waals surface area contributed by atoms with Crippen LogP contribution in [-0.4, -0.2) is 18.1 Å². The van der Waals surface area contributed by atoms with Crippen LogP contribution in [0.1, 0.15) is 10.4 Å². The number of para-hydroxylation sites is 1. The third kappa shape index (κ3) is 2.84. The van der Waals surface area contributed by atoms with Gasteiger partial charge in [0.25, 0.3) is 0 Å². The monoisotopic (exact) mass is 278 g/mol. The number of nitrogens with one attached hydrogen (secondary N) is 1. The smallest absolute Gasteiger partial charge is 0.339 e. The summed E-state index contributed by atoms with van der Waals surface area (Å²) in [6, 6.07) is 17.5. The molecule has 4 nitrogen and oxygen atoms in total. The molecule has 4 heteroatoms. The van der Waals surface area contributed by atoms with Gasteiger partial charge in [0.1, 0.15) is 0 Å². The minimum absolute atomic E-state index is 0.383. The van der Waals surface area contributed by atoms with Gasteiger partial charge in [0.15, 0.2) is 0 Å². The fraction of sp³-hybridized carbons (Fsp3) is 0.0588. The van der Waals surface area contributed by atoms with Crippen molar-refractivity contribution in [3.05, 3.63) is 66.4 Å². The highest BCUT2D eigenvalue weighted by molar-refractivity contribution is 5.94. The van der Waals surface area contributed by atoms with E-state index >= 15 is 0 Å². The van der Waals surface area contributed by atoms with Crippen molar-refractivity contribution in [2.24, 2.45) is 0 Å². The summed E-state index contributed by atoms with van der Waals surface area (Å²) < 4.78 is 4.72. The lowest BCUT2D eigenvalue weighted by Gasteiger charge is -2.08. The van der Waals surface area contributed by atoms with Gasteiger partial charge in [0, 0.05) is 23.0 Å². The van der Waals surface area contributed by atoms with Crippen LogP contribution in [0.2, 0.25) is 0 Å². The van der Waals surface area contributed by atoms with Gasteiger partial charge >= 0.3 is 5.97 Å². The first-order valence-electron chi connectivity index (χ1n) is 6.56. The molecule has 1 aromatic heterocycles. The molecule has 2 aromatic carbocycles. The molecule has 0 fully saturated rings. The summed E-state index contributed by atoms with van der Waals surface area (Å²) in [5, 5.41) is 4.20. The molecule has 0 atom stereocenters. The molecule has 0 saturated heterocycles. The maximum atomic E-state index is 11.6. The van der Waals surface area contributed by atoms with Gasteiger partial charge in [-0.1, -0.05) is 18.2 Å². The highest BCUT2D eigenvalue weighted by atomic mass is 16.5. The van der Waals surface area contributed by atoms with Crippen molar-refractivity contribution in [3.63, 3.8) is 0 Å². The number of carbonyl (C=O) groups is 1. The number of carbonyl (C=O) groups excluding carboxylic acids is 1. The van der Waals surface area contributed by atoms with Gasteiger partial charge in [0.05, 0.1) is 18.2 Å². The van der Waals surface area contributed by atoms with E-state index in [9.17, 15) is 4.79 Å². The van der Waals surface area contributed by atoms with Crippen molar-refractivity contribution < 1.29 is 9.53 Å². The van der Waals surface area contributed by atoms with Crippen molar-refractivity contribution in [1.29, 1.82) is 0 Å². The first-order valence-corrected chi connectivity index (χ1v) is 6.56. The number of pyridine rings is 1. The molecular weight excluding hydrogens is 264 g/mol. The lowest BCUT2D eigenvalue weighted by atomic mass is 10.1. The second kappa shape index (κ2) is 5.63. The van der Waals surface area contributed by atoms with E-state index in [4.69, 9.17) is 4.74 Å². The van der Waals surface area contributed by atoms with Gasteiger partial charge < -0.3 is 10.1 Å². The van der Waals surface area contributed by atoms with Gasteiger partial charge in [-0.15, -0.1) is 0 Å². The standard InChI is InChI=1S/C17H14N2O2/c1-21-17(20)13-9-12-10-15(7-8-16(12)18-11-13)19-14-5-3-2-4-6-14/h2-11,19H,1H3. The van der Waals surface area contributed by atoms with Crippen LogP contribution < -0.4 is 5.32 Å². The van der Waals surface area contributed by atoms with Gasteiger partial charge in [0.2, 0.25) is 0 Å². The normalized spacial score (nSPS) is 10.3. The second-order valence-electron chi connectivity index (χ2n) is 4.61. The highest BCUT2D eigenvalue weighted by Gasteiger charge is 2.07. The van der Waals surface area contributed by atoms with Crippen molar-refractivity contribution in [3.8, 4) is 0 Å². The number of ether oxygens (including phenoxy) is 1. The van der Waals surface area contributed by atoms with Crippen LogP contribution in [0.4, 0.5) is 11.4 Å². The van der Waals surface area contributed by atoms with E-state index in [0.29, 0.717) is 5.56 Å². The van der Waals surface area contributed by atoms with Crippen LogP contribution in [0.3, 0.4) is 0 Å². The molecule has 0 saturated carbocycles. The molecule has 0 amide bonds. The maximum absolute atomic E-state index is 11.6. The Labute approximate surface area is 122 Å². The predicted molar refractivity (Wildman–Crippen MR) is 82.8 cm³/mol. The Morgan fingerprint density at radius 2 is 1.86 bits per heavy atom.